The molecule has 1 aromatic carbocycles. The lowest BCUT2D eigenvalue weighted by molar-refractivity contribution is 0.556. The summed E-state index contributed by atoms with van der Waals surface area (Å²) < 4.78 is 1.65. The van der Waals surface area contributed by atoms with Crippen LogP contribution in [-0.2, 0) is 0 Å². The van der Waals surface area contributed by atoms with E-state index in [0.29, 0.717) is 11.2 Å². The highest BCUT2D eigenvalue weighted by Gasteiger charge is 2.19. The molecular formula is C15H15N3OS. The molecule has 0 aliphatic rings. The second-order valence-corrected chi connectivity index (χ2v) is 5.55. The van der Waals surface area contributed by atoms with Gasteiger partial charge >= 0.3 is 0 Å². The lowest BCUT2D eigenvalue weighted by Crippen LogP contribution is -2.27. The molecule has 0 aliphatic heterocycles. The van der Waals surface area contributed by atoms with E-state index in [1.165, 1.54) is 0 Å². The first-order chi connectivity index (χ1) is 9.72. The Morgan fingerprint density at radius 3 is 2.90 bits per heavy atom. The number of benzene rings is 1. The summed E-state index contributed by atoms with van der Waals surface area (Å²) in [5.41, 5.74) is 6.06. The van der Waals surface area contributed by atoms with Gasteiger partial charge in [0.05, 0.1) is 6.04 Å². The lowest BCUT2D eigenvalue weighted by Gasteiger charge is -2.19. The fourth-order valence-electron chi connectivity index (χ4n) is 2.48. The summed E-state index contributed by atoms with van der Waals surface area (Å²) in [4.78, 5) is 17.0. The Morgan fingerprint density at radius 1 is 1.40 bits per heavy atom. The molecule has 2 heterocycles. The maximum Gasteiger partial charge on any atom is 0.260 e. The highest BCUT2D eigenvalue weighted by Crippen LogP contribution is 2.26. The van der Waals surface area contributed by atoms with Gasteiger partial charge in [-0.25, -0.2) is 4.98 Å². The summed E-state index contributed by atoms with van der Waals surface area (Å²) in [6.07, 6.45) is 2.53. The Labute approximate surface area is 120 Å². The SMILES string of the molecule is CCC(c1nccs1)n1c(N)cc2ccccc2c1=O. The minimum Gasteiger partial charge on any atom is -0.385 e. The van der Waals surface area contributed by atoms with Crippen LogP contribution in [0, 0.1) is 0 Å². The maximum atomic E-state index is 12.7. The van der Waals surface area contributed by atoms with Crippen molar-refractivity contribution in [3.8, 4) is 0 Å². The van der Waals surface area contributed by atoms with Gasteiger partial charge in [-0.2, -0.15) is 0 Å². The Hall–Kier alpha value is -2.14. The van der Waals surface area contributed by atoms with Gasteiger partial charge in [0.25, 0.3) is 5.56 Å². The standard InChI is InChI=1S/C15H15N3OS/c1-2-12(14-17-7-8-20-14)18-13(16)9-10-5-3-4-6-11(10)15(18)19/h3-9,12H,2,16H2,1H3. The third-order valence-electron chi connectivity index (χ3n) is 3.43. The van der Waals surface area contributed by atoms with Crippen molar-refractivity contribution in [1.82, 2.24) is 9.55 Å². The van der Waals surface area contributed by atoms with Crippen LogP contribution < -0.4 is 11.3 Å². The normalized spacial score (nSPS) is 12.7. The molecule has 0 saturated heterocycles. The van der Waals surface area contributed by atoms with Crippen LogP contribution in [0.5, 0.6) is 0 Å². The topological polar surface area (TPSA) is 60.9 Å². The van der Waals surface area contributed by atoms with E-state index in [0.717, 1.165) is 16.8 Å². The molecule has 0 saturated carbocycles. The highest BCUT2D eigenvalue weighted by molar-refractivity contribution is 7.09. The summed E-state index contributed by atoms with van der Waals surface area (Å²) in [5.74, 6) is 0.482. The van der Waals surface area contributed by atoms with Crippen molar-refractivity contribution in [3.63, 3.8) is 0 Å². The summed E-state index contributed by atoms with van der Waals surface area (Å²) in [6.45, 7) is 2.03. The summed E-state index contributed by atoms with van der Waals surface area (Å²) in [7, 11) is 0. The van der Waals surface area contributed by atoms with E-state index < -0.39 is 0 Å². The van der Waals surface area contributed by atoms with Gasteiger partial charge in [-0.05, 0) is 23.9 Å². The average Bonchev–Trinajstić information content (AvgIpc) is 2.97. The molecule has 4 nitrogen and oxygen atoms in total. The van der Waals surface area contributed by atoms with Crippen LogP contribution >= 0.6 is 11.3 Å². The van der Waals surface area contributed by atoms with Crippen LogP contribution in [0.3, 0.4) is 0 Å². The van der Waals surface area contributed by atoms with E-state index in [4.69, 9.17) is 5.73 Å². The zero-order valence-corrected chi connectivity index (χ0v) is 11.9. The van der Waals surface area contributed by atoms with Crippen molar-refractivity contribution < 1.29 is 0 Å². The molecule has 3 rings (SSSR count). The fourth-order valence-corrected chi connectivity index (χ4v) is 3.29. The number of hydrogen-bond donors (Lipinski definition) is 1. The number of anilines is 1. The van der Waals surface area contributed by atoms with E-state index in [-0.39, 0.29) is 11.6 Å². The van der Waals surface area contributed by atoms with Gasteiger partial charge in [-0.1, -0.05) is 25.1 Å². The molecule has 2 aromatic heterocycles. The number of fused-ring (bicyclic) bond motifs is 1. The van der Waals surface area contributed by atoms with E-state index >= 15 is 0 Å². The van der Waals surface area contributed by atoms with Crippen LogP contribution in [0.2, 0.25) is 0 Å². The second-order valence-electron chi connectivity index (χ2n) is 4.63. The number of pyridine rings is 1. The zero-order valence-electron chi connectivity index (χ0n) is 11.1. The Morgan fingerprint density at radius 2 is 2.20 bits per heavy atom. The smallest absolute Gasteiger partial charge is 0.260 e. The number of thiazole rings is 1. The van der Waals surface area contributed by atoms with Crippen molar-refractivity contribution in [3.05, 3.63) is 57.3 Å². The van der Waals surface area contributed by atoms with Gasteiger partial charge in [0.2, 0.25) is 0 Å². The van der Waals surface area contributed by atoms with E-state index in [2.05, 4.69) is 4.98 Å². The lowest BCUT2D eigenvalue weighted by atomic mass is 10.1. The van der Waals surface area contributed by atoms with E-state index in [1.807, 2.05) is 42.6 Å². The molecule has 2 N–H and O–H groups in total. The molecule has 0 radical (unpaired) electrons. The van der Waals surface area contributed by atoms with Crippen molar-refractivity contribution >= 4 is 27.9 Å². The number of nitrogens with zero attached hydrogens (tertiary/aromatic N) is 2. The summed E-state index contributed by atoms with van der Waals surface area (Å²) in [6, 6.07) is 9.27. The van der Waals surface area contributed by atoms with Gasteiger partial charge in [-0.3, -0.25) is 9.36 Å². The molecule has 3 aromatic rings. The predicted molar refractivity (Wildman–Crippen MR) is 83.2 cm³/mol. The molecule has 0 spiro atoms. The van der Waals surface area contributed by atoms with Crippen LogP contribution in [0.25, 0.3) is 10.8 Å². The first-order valence-corrected chi connectivity index (χ1v) is 7.39. The predicted octanol–water partition coefficient (Wildman–Crippen LogP) is 3.04. The molecule has 102 valence electrons. The number of aromatic nitrogens is 2. The maximum absolute atomic E-state index is 12.7. The van der Waals surface area contributed by atoms with Gasteiger partial charge in [0, 0.05) is 17.0 Å². The van der Waals surface area contributed by atoms with Crippen molar-refractivity contribution in [2.45, 2.75) is 19.4 Å². The molecule has 0 amide bonds. The van der Waals surface area contributed by atoms with Gasteiger partial charge in [0.15, 0.2) is 0 Å². The Kier molecular flexibility index (Phi) is 3.28. The molecule has 0 aliphatic carbocycles. The van der Waals surface area contributed by atoms with Crippen molar-refractivity contribution in [1.29, 1.82) is 0 Å². The first-order valence-electron chi connectivity index (χ1n) is 6.51. The number of nitrogen functional groups attached to an aromatic ring is 1. The molecule has 1 unspecified atom stereocenters. The monoisotopic (exact) mass is 285 g/mol. The molecule has 20 heavy (non-hydrogen) atoms. The van der Waals surface area contributed by atoms with Crippen LogP contribution in [0.15, 0.2) is 46.7 Å². The molecular weight excluding hydrogens is 270 g/mol. The summed E-state index contributed by atoms with van der Waals surface area (Å²) in [5, 5.41) is 4.40. The minimum absolute atomic E-state index is 0.0531. The second kappa shape index (κ2) is 5.09. The van der Waals surface area contributed by atoms with Gasteiger partial charge in [0.1, 0.15) is 10.8 Å². The van der Waals surface area contributed by atoms with Gasteiger partial charge < -0.3 is 5.73 Å². The number of nitrogens with two attached hydrogens (primary N) is 1. The van der Waals surface area contributed by atoms with Crippen molar-refractivity contribution in [2.75, 3.05) is 5.73 Å². The molecule has 0 fully saturated rings. The third kappa shape index (κ3) is 2.00. The van der Waals surface area contributed by atoms with E-state index in [1.54, 1.807) is 22.1 Å². The third-order valence-corrected chi connectivity index (χ3v) is 4.30. The molecule has 5 heteroatoms. The highest BCUT2D eigenvalue weighted by atomic mass is 32.1. The van der Waals surface area contributed by atoms with Crippen LogP contribution in [-0.4, -0.2) is 9.55 Å². The quantitative estimate of drug-likeness (QED) is 0.804. The fraction of sp³-hybridized carbons (Fsp3) is 0.200. The van der Waals surface area contributed by atoms with Crippen LogP contribution in [0.4, 0.5) is 5.82 Å². The summed E-state index contributed by atoms with van der Waals surface area (Å²) >= 11 is 1.55. The average molecular weight is 285 g/mol. The van der Waals surface area contributed by atoms with Gasteiger partial charge in [-0.15, -0.1) is 11.3 Å². The molecule has 0 bridgehead atoms. The first kappa shape index (κ1) is 12.9. The number of hydrogen-bond acceptors (Lipinski definition) is 4. The Bertz CT molecular complexity index is 792. The van der Waals surface area contributed by atoms with Crippen molar-refractivity contribution in [2.24, 2.45) is 0 Å². The zero-order chi connectivity index (χ0) is 14.1. The molecule has 1 atom stereocenters. The van der Waals surface area contributed by atoms with Crippen LogP contribution in [0.1, 0.15) is 24.4 Å². The van der Waals surface area contributed by atoms with E-state index in [9.17, 15) is 4.79 Å². The number of rotatable bonds is 3. The Balaban J connectivity index is 2.28. The largest absolute Gasteiger partial charge is 0.385 e. The minimum atomic E-state index is -0.105.